The van der Waals surface area contributed by atoms with Gasteiger partial charge in [-0.3, -0.25) is 12.2 Å². The monoisotopic (exact) mass is 430 g/mol. The molecule has 0 radical (unpaired) electrons. The SMILES string of the molecule is CCCCC1=[C-]CC=C1C.CCCCC1=[C-]CC=C1C.[Cl-].[Cl-].[Zr+4]. The number of allylic oxidation sites excluding steroid dienone is 8. The van der Waals surface area contributed by atoms with E-state index >= 15 is 0 Å². The number of rotatable bonds is 6. The number of hydrogen-bond donors (Lipinski definition) is 0. The Morgan fingerprint density at radius 1 is 0.783 bits per heavy atom. The summed E-state index contributed by atoms with van der Waals surface area (Å²) in [6.45, 7) is 8.83. The first-order valence-corrected chi connectivity index (χ1v) is 8.22. The van der Waals surface area contributed by atoms with Gasteiger partial charge in [-0.2, -0.15) is 12.2 Å². The summed E-state index contributed by atoms with van der Waals surface area (Å²) < 4.78 is 0. The van der Waals surface area contributed by atoms with Crippen LogP contribution >= 0.6 is 0 Å². The van der Waals surface area contributed by atoms with Crippen LogP contribution in [0.2, 0.25) is 0 Å². The molecular formula is C20H30Cl2Zr. The molecule has 0 saturated carbocycles. The van der Waals surface area contributed by atoms with Crippen molar-refractivity contribution in [2.75, 3.05) is 0 Å². The van der Waals surface area contributed by atoms with Crippen molar-refractivity contribution in [2.24, 2.45) is 0 Å². The fourth-order valence-corrected chi connectivity index (χ4v) is 2.46. The minimum Gasteiger partial charge on any atom is -1.00 e. The van der Waals surface area contributed by atoms with E-state index in [9.17, 15) is 0 Å². The van der Waals surface area contributed by atoms with Crippen LogP contribution in [0.25, 0.3) is 0 Å². The summed E-state index contributed by atoms with van der Waals surface area (Å²) in [6, 6.07) is 0. The first-order chi connectivity index (χ1) is 9.69. The molecule has 128 valence electrons. The molecule has 0 fully saturated rings. The molecule has 0 aromatic rings. The molecule has 0 unspecified atom stereocenters. The Morgan fingerprint density at radius 3 is 1.35 bits per heavy atom. The van der Waals surface area contributed by atoms with Gasteiger partial charge in [-0.15, -0.1) is 26.7 Å². The summed E-state index contributed by atoms with van der Waals surface area (Å²) in [5.41, 5.74) is 5.82. The largest absolute Gasteiger partial charge is 4.00 e. The van der Waals surface area contributed by atoms with Crippen molar-refractivity contribution in [2.45, 2.75) is 79.1 Å². The van der Waals surface area contributed by atoms with Gasteiger partial charge in [-0.05, 0) is 0 Å². The van der Waals surface area contributed by atoms with Gasteiger partial charge in [0, 0.05) is 0 Å². The van der Waals surface area contributed by atoms with Gasteiger partial charge in [-0.25, -0.2) is 22.3 Å². The molecule has 2 rings (SSSR count). The maximum absolute atomic E-state index is 3.37. The Kier molecular flexibility index (Phi) is 21.2. The molecule has 2 aliphatic carbocycles. The van der Waals surface area contributed by atoms with Crippen molar-refractivity contribution >= 4 is 0 Å². The van der Waals surface area contributed by atoms with Crippen molar-refractivity contribution in [1.29, 1.82) is 0 Å². The van der Waals surface area contributed by atoms with Gasteiger partial charge in [0.05, 0.1) is 0 Å². The molecule has 0 amide bonds. The van der Waals surface area contributed by atoms with Crippen LogP contribution in [-0.4, -0.2) is 0 Å². The fourth-order valence-electron chi connectivity index (χ4n) is 2.46. The molecule has 0 saturated heterocycles. The van der Waals surface area contributed by atoms with E-state index in [-0.39, 0.29) is 51.0 Å². The van der Waals surface area contributed by atoms with Gasteiger partial charge in [0.25, 0.3) is 0 Å². The normalized spacial score (nSPS) is 14.8. The number of halogens is 2. The summed E-state index contributed by atoms with van der Waals surface area (Å²) in [7, 11) is 0. The second-order valence-corrected chi connectivity index (χ2v) is 5.70. The quantitative estimate of drug-likeness (QED) is 0.537. The molecule has 0 N–H and O–H groups in total. The number of hydrogen-bond acceptors (Lipinski definition) is 0. The zero-order chi connectivity index (χ0) is 14.8. The Labute approximate surface area is 175 Å². The summed E-state index contributed by atoms with van der Waals surface area (Å²) in [5.74, 6) is 0. The summed E-state index contributed by atoms with van der Waals surface area (Å²) in [5, 5.41) is 0. The minimum atomic E-state index is 0. The molecule has 0 bridgehead atoms. The minimum absolute atomic E-state index is 0. The third-order valence-corrected chi connectivity index (χ3v) is 3.96. The second kappa shape index (κ2) is 17.3. The van der Waals surface area contributed by atoms with Crippen molar-refractivity contribution in [3.63, 3.8) is 0 Å². The Bertz CT molecular complexity index is 377. The van der Waals surface area contributed by atoms with Crippen LogP contribution in [0.5, 0.6) is 0 Å². The predicted molar refractivity (Wildman–Crippen MR) is 89.3 cm³/mol. The van der Waals surface area contributed by atoms with Crippen molar-refractivity contribution in [3.8, 4) is 0 Å². The van der Waals surface area contributed by atoms with Crippen LogP contribution in [0.3, 0.4) is 0 Å². The third kappa shape index (κ3) is 11.6. The van der Waals surface area contributed by atoms with Crippen molar-refractivity contribution in [3.05, 3.63) is 46.6 Å². The molecule has 0 aromatic carbocycles. The van der Waals surface area contributed by atoms with Crippen LogP contribution < -0.4 is 24.8 Å². The van der Waals surface area contributed by atoms with Gasteiger partial charge in [0.1, 0.15) is 0 Å². The van der Waals surface area contributed by atoms with Crippen LogP contribution in [0, 0.1) is 12.2 Å². The van der Waals surface area contributed by atoms with E-state index in [1.165, 1.54) is 60.8 Å². The fraction of sp³-hybridized carbons (Fsp3) is 0.600. The van der Waals surface area contributed by atoms with Crippen molar-refractivity contribution in [1.82, 2.24) is 0 Å². The van der Waals surface area contributed by atoms with Gasteiger partial charge in [-0.1, -0.05) is 52.4 Å². The third-order valence-electron chi connectivity index (χ3n) is 3.96. The molecule has 0 aromatic heterocycles. The molecule has 3 heteroatoms. The maximum atomic E-state index is 3.37. The Morgan fingerprint density at radius 2 is 1.13 bits per heavy atom. The molecular weight excluding hydrogens is 402 g/mol. The van der Waals surface area contributed by atoms with Gasteiger partial charge >= 0.3 is 26.2 Å². The Hall–Kier alpha value is 0.423. The summed E-state index contributed by atoms with van der Waals surface area (Å²) in [4.78, 5) is 0. The zero-order valence-corrected chi connectivity index (χ0v) is 19.0. The second-order valence-electron chi connectivity index (χ2n) is 5.70. The molecule has 0 spiro atoms. The summed E-state index contributed by atoms with van der Waals surface area (Å²) in [6.07, 6.45) is 21.0. The molecule has 0 aliphatic heterocycles. The van der Waals surface area contributed by atoms with E-state index in [1.807, 2.05) is 0 Å². The first kappa shape index (κ1) is 28.2. The number of unbranched alkanes of at least 4 members (excludes halogenated alkanes) is 2. The molecule has 0 heterocycles. The summed E-state index contributed by atoms with van der Waals surface area (Å²) >= 11 is 0. The van der Waals surface area contributed by atoms with Crippen LogP contribution in [0.15, 0.2) is 34.4 Å². The first-order valence-electron chi connectivity index (χ1n) is 8.22. The smallest absolute Gasteiger partial charge is 1.00 e. The Balaban J connectivity index is -0.000000308. The standard InChI is InChI=1S/2C10H15.2ClH.Zr/c2*1-3-4-7-10-8-5-6-9(10)2;;;/h2*6H,3-5,7H2,1-2H3;2*1H;/q2*-1;;;+4/p-2. The maximum Gasteiger partial charge on any atom is 4.00 e. The van der Waals surface area contributed by atoms with Gasteiger partial charge in [0.2, 0.25) is 0 Å². The average Bonchev–Trinajstić information content (AvgIpc) is 3.04. The van der Waals surface area contributed by atoms with E-state index in [0.29, 0.717) is 0 Å². The van der Waals surface area contributed by atoms with Gasteiger partial charge < -0.3 is 24.8 Å². The van der Waals surface area contributed by atoms with E-state index in [2.05, 4.69) is 52.0 Å². The van der Waals surface area contributed by atoms with E-state index < -0.39 is 0 Å². The zero-order valence-electron chi connectivity index (χ0n) is 15.1. The topological polar surface area (TPSA) is 0 Å². The van der Waals surface area contributed by atoms with Gasteiger partial charge in [0.15, 0.2) is 0 Å². The predicted octanol–water partition coefficient (Wildman–Crippen LogP) is 0.518. The van der Waals surface area contributed by atoms with Crippen LogP contribution in [0.1, 0.15) is 79.1 Å². The van der Waals surface area contributed by atoms with E-state index in [4.69, 9.17) is 0 Å². The van der Waals surface area contributed by atoms with Crippen LogP contribution in [-0.2, 0) is 26.2 Å². The molecule has 2 aliphatic rings. The molecule has 0 nitrogen and oxygen atoms in total. The van der Waals surface area contributed by atoms with Crippen LogP contribution in [0.4, 0.5) is 0 Å². The van der Waals surface area contributed by atoms with Crippen molar-refractivity contribution < 1.29 is 51.0 Å². The van der Waals surface area contributed by atoms with E-state index in [1.54, 1.807) is 0 Å². The average molecular weight is 433 g/mol. The molecule has 23 heavy (non-hydrogen) atoms. The van der Waals surface area contributed by atoms with E-state index in [0.717, 1.165) is 12.8 Å². The molecule has 0 atom stereocenters.